The Hall–Kier alpha value is -3.62. The minimum atomic E-state index is -0.696. The smallest absolute Gasteiger partial charge is 0.325 e. The number of hydrogen-bond donors (Lipinski definition) is 1. The van der Waals surface area contributed by atoms with Gasteiger partial charge in [-0.2, -0.15) is 0 Å². The van der Waals surface area contributed by atoms with Crippen LogP contribution in [0.1, 0.15) is 36.4 Å². The molecular formula is C25H28N4O5. The molecular weight excluding hydrogens is 436 g/mol. The summed E-state index contributed by atoms with van der Waals surface area (Å²) in [5.74, 6) is 0.783. The minimum Gasteiger partial charge on any atom is -0.497 e. The lowest BCUT2D eigenvalue weighted by molar-refractivity contribution is -0.134. The van der Waals surface area contributed by atoms with Crippen molar-refractivity contribution in [2.45, 2.75) is 44.3 Å². The van der Waals surface area contributed by atoms with Crippen LogP contribution in [0.3, 0.4) is 0 Å². The number of hydrogen-bond acceptors (Lipinski definition) is 5. The first-order chi connectivity index (χ1) is 16.4. The van der Waals surface area contributed by atoms with Gasteiger partial charge in [0.15, 0.2) is 0 Å². The second-order valence-corrected chi connectivity index (χ2v) is 9.31. The third kappa shape index (κ3) is 4.18. The Bertz CT molecular complexity index is 1170. The molecule has 3 aliphatic heterocycles. The first kappa shape index (κ1) is 22.2. The van der Waals surface area contributed by atoms with Crippen molar-refractivity contribution in [3.63, 3.8) is 0 Å². The number of rotatable bonds is 6. The number of ether oxygens (including phenoxy) is 1. The van der Waals surface area contributed by atoms with E-state index in [0.717, 1.165) is 17.7 Å². The molecule has 4 amide bonds. The predicted octanol–water partition coefficient (Wildman–Crippen LogP) is 1.70. The number of nitrogens with zero attached hydrogens (tertiary/aromatic N) is 3. The highest BCUT2D eigenvalue weighted by Gasteiger charge is 2.39. The molecule has 0 aliphatic carbocycles. The van der Waals surface area contributed by atoms with Gasteiger partial charge >= 0.3 is 6.03 Å². The maximum Gasteiger partial charge on any atom is 0.325 e. The molecule has 5 rings (SSSR count). The van der Waals surface area contributed by atoms with Gasteiger partial charge in [-0.15, -0.1) is 0 Å². The van der Waals surface area contributed by atoms with Gasteiger partial charge in [0, 0.05) is 43.7 Å². The summed E-state index contributed by atoms with van der Waals surface area (Å²) < 4.78 is 6.98. The number of amides is 4. The Labute approximate surface area is 197 Å². The molecule has 34 heavy (non-hydrogen) atoms. The van der Waals surface area contributed by atoms with Crippen LogP contribution in [-0.4, -0.2) is 58.5 Å². The topological polar surface area (TPSA) is 101 Å². The van der Waals surface area contributed by atoms with Crippen LogP contribution in [-0.2, 0) is 22.7 Å². The van der Waals surface area contributed by atoms with E-state index in [9.17, 15) is 19.2 Å². The number of fused-ring (bicyclic) bond motifs is 4. The summed E-state index contributed by atoms with van der Waals surface area (Å²) in [6, 6.07) is 11.4. The second-order valence-electron chi connectivity index (χ2n) is 9.31. The van der Waals surface area contributed by atoms with Gasteiger partial charge in [-0.1, -0.05) is 18.2 Å². The first-order valence-corrected chi connectivity index (χ1v) is 11.6. The highest BCUT2D eigenvalue weighted by atomic mass is 16.5. The SMILES string of the molecule is COc1ccc(CN2C(=O)N[C@@H](CCC(=O)N3CC4CC(C3)c3cccc(=O)n3C4)C2=O)cc1. The van der Waals surface area contributed by atoms with E-state index in [1.807, 2.05) is 27.7 Å². The van der Waals surface area contributed by atoms with E-state index in [0.29, 0.717) is 25.4 Å². The molecule has 2 fully saturated rings. The molecule has 0 saturated carbocycles. The molecule has 0 spiro atoms. The maximum atomic E-state index is 13.0. The fourth-order valence-corrected chi connectivity index (χ4v) is 5.36. The summed E-state index contributed by atoms with van der Waals surface area (Å²) in [5.41, 5.74) is 1.83. The molecule has 1 aromatic heterocycles. The standard InChI is InChI=1S/C25H28N4O5/c1-34-19-7-5-16(6-8-19)13-29-24(32)20(26-25(29)33)9-10-22(30)27-12-17-11-18(15-27)21-3-2-4-23(31)28(21)14-17/h2-8,17-18,20H,9-15H2,1H3,(H,26,33)/t17?,18?,20-/m0/s1. The molecule has 2 saturated heterocycles. The average Bonchev–Trinajstić information content (AvgIpc) is 3.11. The van der Waals surface area contributed by atoms with Gasteiger partial charge < -0.3 is 19.5 Å². The predicted molar refractivity (Wildman–Crippen MR) is 123 cm³/mol. The third-order valence-electron chi connectivity index (χ3n) is 7.09. The summed E-state index contributed by atoms with van der Waals surface area (Å²) in [4.78, 5) is 53.5. The van der Waals surface area contributed by atoms with Crippen molar-refractivity contribution in [3.05, 3.63) is 64.1 Å². The molecule has 9 heteroatoms. The fraction of sp³-hybridized carbons (Fsp3) is 0.440. The number of piperidine rings is 1. The molecule has 1 aromatic carbocycles. The van der Waals surface area contributed by atoms with Gasteiger partial charge in [0.05, 0.1) is 13.7 Å². The molecule has 9 nitrogen and oxygen atoms in total. The van der Waals surface area contributed by atoms with Gasteiger partial charge in [-0.05, 0) is 42.5 Å². The lowest BCUT2D eigenvalue weighted by atomic mass is 9.83. The van der Waals surface area contributed by atoms with Crippen LogP contribution < -0.4 is 15.6 Å². The maximum absolute atomic E-state index is 13.0. The number of carbonyl (C=O) groups excluding carboxylic acids is 3. The number of pyridine rings is 1. The van der Waals surface area contributed by atoms with Crippen molar-refractivity contribution in [3.8, 4) is 5.75 Å². The van der Waals surface area contributed by atoms with Crippen molar-refractivity contribution < 1.29 is 19.1 Å². The molecule has 4 heterocycles. The molecule has 178 valence electrons. The minimum absolute atomic E-state index is 0.0154. The number of nitrogens with one attached hydrogen (secondary N) is 1. The molecule has 2 bridgehead atoms. The summed E-state index contributed by atoms with van der Waals surface area (Å²) >= 11 is 0. The van der Waals surface area contributed by atoms with E-state index in [1.54, 1.807) is 31.4 Å². The van der Waals surface area contributed by atoms with Gasteiger partial charge in [0.1, 0.15) is 11.8 Å². The first-order valence-electron chi connectivity index (χ1n) is 11.6. The van der Waals surface area contributed by atoms with E-state index >= 15 is 0 Å². The average molecular weight is 465 g/mol. The van der Waals surface area contributed by atoms with Gasteiger partial charge in [0.25, 0.3) is 11.5 Å². The molecule has 3 atom stereocenters. The summed E-state index contributed by atoms with van der Waals surface area (Å²) in [7, 11) is 1.58. The molecule has 2 aromatic rings. The van der Waals surface area contributed by atoms with Gasteiger partial charge in [-0.3, -0.25) is 19.3 Å². The summed E-state index contributed by atoms with van der Waals surface area (Å²) in [5, 5.41) is 2.72. The normalized spacial score (nSPS) is 23.5. The van der Waals surface area contributed by atoms with Crippen molar-refractivity contribution >= 4 is 17.8 Å². The number of imide groups is 1. The van der Waals surface area contributed by atoms with E-state index in [2.05, 4.69) is 5.32 Å². The van der Waals surface area contributed by atoms with Gasteiger partial charge in [-0.25, -0.2) is 4.79 Å². The van der Waals surface area contributed by atoms with Crippen LogP contribution in [0.2, 0.25) is 0 Å². The Kier molecular flexibility index (Phi) is 5.85. The van der Waals surface area contributed by atoms with Crippen LogP contribution in [0.4, 0.5) is 4.79 Å². The number of methoxy groups -OCH3 is 1. The lowest BCUT2D eigenvalue weighted by Gasteiger charge is -2.42. The van der Waals surface area contributed by atoms with Gasteiger partial charge in [0.2, 0.25) is 5.91 Å². The Morgan fingerprint density at radius 1 is 1.06 bits per heavy atom. The quantitative estimate of drug-likeness (QED) is 0.656. The van der Waals surface area contributed by atoms with Crippen LogP contribution in [0.5, 0.6) is 5.75 Å². The number of likely N-dealkylation sites (tertiary alicyclic amines) is 1. The third-order valence-corrected chi connectivity index (χ3v) is 7.09. The summed E-state index contributed by atoms with van der Waals surface area (Å²) in [6.45, 7) is 2.00. The van der Waals surface area contributed by atoms with Crippen molar-refractivity contribution in [1.82, 2.24) is 19.7 Å². The van der Waals surface area contributed by atoms with E-state index in [1.165, 1.54) is 4.90 Å². The zero-order chi connectivity index (χ0) is 23.8. The number of carbonyl (C=O) groups is 3. The zero-order valence-corrected chi connectivity index (χ0v) is 19.1. The van der Waals surface area contributed by atoms with Crippen LogP contribution >= 0.6 is 0 Å². The number of aromatic nitrogens is 1. The largest absolute Gasteiger partial charge is 0.497 e. The van der Waals surface area contributed by atoms with E-state index in [4.69, 9.17) is 4.74 Å². The highest BCUT2D eigenvalue weighted by molar-refractivity contribution is 6.04. The van der Waals surface area contributed by atoms with Crippen molar-refractivity contribution in [2.24, 2.45) is 5.92 Å². The Morgan fingerprint density at radius 3 is 2.62 bits per heavy atom. The number of benzene rings is 1. The van der Waals surface area contributed by atoms with Crippen LogP contribution in [0, 0.1) is 5.92 Å². The highest BCUT2D eigenvalue weighted by Crippen LogP contribution is 2.35. The van der Waals surface area contributed by atoms with E-state index in [-0.39, 0.29) is 48.6 Å². The molecule has 1 N–H and O–H groups in total. The zero-order valence-electron chi connectivity index (χ0n) is 19.1. The Balaban J connectivity index is 1.18. The monoisotopic (exact) mass is 464 g/mol. The second kappa shape index (κ2) is 8.96. The lowest BCUT2D eigenvalue weighted by Crippen LogP contribution is -2.49. The molecule has 2 unspecified atom stereocenters. The van der Waals surface area contributed by atoms with Crippen LogP contribution in [0.15, 0.2) is 47.3 Å². The Morgan fingerprint density at radius 2 is 1.85 bits per heavy atom. The number of urea groups is 1. The molecule has 0 radical (unpaired) electrons. The van der Waals surface area contributed by atoms with Crippen molar-refractivity contribution in [2.75, 3.05) is 20.2 Å². The van der Waals surface area contributed by atoms with Crippen LogP contribution in [0.25, 0.3) is 0 Å². The molecule has 3 aliphatic rings. The summed E-state index contributed by atoms with van der Waals surface area (Å²) in [6.07, 6.45) is 1.43. The van der Waals surface area contributed by atoms with Crippen molar-refractivity contribution in [1.29, 1.82) is 0 Å². The van der Waals surface area contributed by atoms with E-state index < -0.39 is 12.1 Å². The fourth-order valence-electron chi connectivity index (χ4n) is 5.36.